The first-order valence-electron chi connectivity index (χ1n) is 7.92. The Morgan fingerprint density at radius 2 is 1.92 bits per heavy atom. The number of halogens is 2. The van der Waals surface area contributed by atoms with Crippen molar-refractivity contribution in [1.82, 2.24) is 10.2 Å². The minimum absolute atomic E-state index is 0.00255. The number of likely N-dealkylation sites (N-methyl/N-ethyl adjacent to an activating group) is 1. The summed E-state index contributed by atoms with van der Waals surface area (Å²) in [6, 6.07) is 4.61. The Morgan fingerprint density at radius 1 is 1.28 bits per heavy atom. The van der Waals surface area contributed by atoms with Gasteiger partial charge in [-0.05, 0) is 31.0 Å². The average Bonchev–Trinajstić information content (AvgIpc) is 2.87. The predicted octanol–water partition coefficient (Wildman–Crippen LogP) is 1.69. The van der Waals surface area contributed by atoms with Crippen molar-refractivity contribution >= 4 is 44.9 Å². The zero-order valence-electron chi connectivity index (χ0n) is 13.8. The lowest BCUT2D eigenvalue weighted by molar-refractivity contribution is -0.135. The molecule has 1 heterocycles. The first-order chi connectivity index (χ1) is 11.7. The fourth-order valence-corrected chi connectivity index (χ4v) is 4.90. The molecule has 25 heavy (non-hydrogen) atoms. The highest BCUT2D eigenvalue weighted by Gasteiger charge is 2.29. The van der Waals surface area contributed by atoms with Gasteiger partial charge in [-0.2, -0.15) is 0 Å². The van der Waals surface area contributed by atoms with Crippen LogP contribution >= 0.6 is 23.2 Å². The summed E-state index contributed by atoms with van der Waals surface area (Å²) in [6.45, 7) is 1.98. The molecule has 1 aliphatic rings. The summed E-state index contributed by atoms with van der Waals surface area (Å²) in [6.07, 6.45) is 0.404. The maximum Gasteiger partial charge on any atom is 0.239 e. The van der Waals surface area contributed by atoms with Crippen molar-refractivity contribution in [2.75, 3.05) is 24.6 Å². The van der Waals surface area contributed by atoms with Gasteiger partial charge in [0.2, 0.25) is 11.8 Å². The van der Waals surface area contributed by atoms with E-state index in [1.807, 2.05) is 0 Å². The van der Waals surface area contributed by atoms with Gasteiger partial charge >= 0.3 is 0 Å². The van der Waals surface area contributed by atoms with Crippen molar-refractivity contribution in [3.63, 3.8) is 0 Å². The lowest BCUT2D eigenvalue weighted by atomic mass is 10.1. The number of benzene rings is 1. The molecule has 0 saturated carbocycles. The second kappa shape index (κ2) is 8.38. The van der Waals surface area contributed by atoms with Gasteiger partial charge in [0.05, 0.1) is 24.5 Å². The molecule has 1 aliphatic heterocycles. The van der Waals surface area contributed by atoms with Crippen molar-refractivity contribution in [2.45, 2.75) is 25.8 Å². The monoisotopic (exact) mass is 406 g/mol. The highest BCUT2D eigenvalue weighted by molar-refractivity contribution is 7.91. The van der Waals surface area contributed by atoms with Crippen LogP contribution in [0.15, 0.2) is 18.2 Å². The Kier molecular flexibility index (Phi) is 6.71. The van der Waals surface area contributed by atoms with Gasteiger partial charge in [0.25, 0.3) is 0 Å². The van der Waals surface area contributed by atoms with Crippen LogP contribution in [0, 0.1) is 0 Å². The largest absolute Gasteiger partial charge is 0.351 e. The summed E-state index contributed by atoms with van der Waals surface area (Å²) in [5.74, 6) is -0.609. The molecule has 138 valence electrons. The van der Waals surface area contributed by atoms with Crippen molar-refractivity contribution in [1.29, 1.82) is 0 Å². The molecule has 9 heteroatoms. The number of sulfone groups is 1. The zero-order chi connectivity index (χ0) is 18.6. The van der Waals surface area contributed by atoms with E-state index in [9.17, 15) is 18.0 Å². The van der Waals surface area contributed by atoms with Crippen LogP contribution in [0.1, 0.15) is 18.9 Å². The number of nitrogens with one attached hydrogen (secondary N) is 1. The fourth-order valence-electron chi connectivity index (χ4n) is 2.70. The SMILES string of the molecule is CCN(CC(=O)N[C@H]1CCS(=O)(=O)C1)C(=O)Cc1c(Cl)cccc1Cl. The minimum Gasteiger partial charge on any atom is -0.351 e. The smallest absolute Gasteiger partial charge is 0.239 e. The summed E-state index contributed by atoms with van der Waals surface area (Å²) < 4.78 is 22.9. The molecule has 1 N–H and O–H groups in total. The topological polar surface area (TPSA) is 83.6 Å². The average molecular weight is 407 g/mol. The molecule has 1 saturated heterocycles. The maximum atomic E-state index is 12.5. The summed E-state index contributed by atoms with van der Waals surface area (Å²) in [5.41, 5.74) is 0.525. The van der Waals surface area contributed by atoms with E-state index in [1.165, 1.54) is 4.90 Å². The van der Waals surface area contributed by atoms with Crippen molar-refractivity contribution in [3.05, 3.63) is 33.8 Å². The summed E-state index contributed by atoms with van der Waals surface area (Å²) in [5, 5.41) is 3.48. The molecule has 2 rings (SSSR count). The van der Waals surface area contributed by atoms with Crippen LogP contribution in [-0.4, -0.2) is 55.8 Å². The van der Waals surface area contributed by atoms with Gasteiger partial charge in [-0.25, -0.2) is 8.42 Å². The van der Waals surface area contributed by atoms with Crippen molar-refractivity contribution in [2.24, 2.45) is 0 Å². The summed E-state index contributed by atoms with van der Waals surface area (Å²) in [4.78, 5) is 26.0. The Morgan fingerprint density at radius 3 is 2.44 bits per heavy atom. The highest BCUT2D eigenvalue weighted by Crippen LogP contribution is 2.25. The summed E-state index contributed by atoms with van der Waals surface area (Å²) >= 11 is 12.2. The minimum atomic E-state index is -3.07. The van der Waals surface area contributed by atoms with Crippen LogP contribution in [0.5, 0.6) is 0 Å². The van der Waals surface area contributed by atoms with Gasteiger partial charge in [0.1, 0.15) is 0 Å². The first kappa shape index (κ1) is 20.0. The lowest BCUT2D eigenvalue weighted by Crippen LogP contribution is -2.45. The number of carbonyl (C=O) groups is 2. The molecule has 0 radical (unpaired) electrons. The molecule has 0 bridgehead atoms. The third-order valence-electron chi connectivity index (χ3n) is 4.06. The number of rotatable bonds is 6. The molecule has 1 aromatic rings. The second-order valence-electron chi connectivity index (χ2n) is 5.95. The van der Waals surface area contributed by atoms with Gasteiger partial charge in [-0.1, -0.05) is 29.3 Å². The standard InChI is InChI=1S/C16H20Cl2N2O4S/c1-2-20(9-15(21)19-11-6-7-25(23,24)10-11)16(22)8-12-13(17)4-3-5-14(12)18/h3-5,11H,2,6-10H2,1H3,(H,19,21)/t11-/m0/s1. The first-order valence-corrected chi connectivity index (χ1v) is 10.5. The molecule has 1 atom stereocenters. The molecule has 0 aliphatic carbocycles. The lowest BCUT2D eigenvalue weighted by Gasteiger charge is -2.22. The number of hydrogen-bond acceptors (Lipinski definition) is 4. The predicted molar refractivity (Wildman–Crippen MR) is 97.6 cm³/mol. The van der Waals surface area contributed by atoms with Gasteiger partial charge in [0.15, 0.2) is 9.84 Å². The third kappa shape index (κ3) is 5.59. The Labute approximate surface area is 157 Å². The number of nitrogens with zero attached hydrogens (tertiary/aromatic N) is 1. The van der Waals surface area contributed by atoms with Crippen LogP contribution in [0.4, 0.5) is 0 Å². The molecule has 6 nitrogen and oxygen atoms in total. The quantitative estimate of drug-likeness (QED) is 0.778. The van der Waals surface area contributed by atoms with E-state index in [2.05, 4.69) is 5.32 Å². The zero-order valence-corrected chi connectivity index (χ0v) is 16.1. The van der Waals surface area contributed by atoms with E-state index in [4.69, 9.17) is 23.2 Å². The van der Waals surface area contributed by atoms with E-state index < -0.39 is 9.84 Å². The van der Waals surface area contributed by atoms with Gasteiger partial charge < -0.3 is 10.2 Å². The number of hydrogen-bond donors (Lipinski definition) is 1. The maximum absolute atomic E-state index is 12.5. The molecule has 1 fully saturated rings. The van der Waals surface area contributed by atoms with Crippen LogP contribution in [0.3, 0.4) is 0 Å². The Bertz CT molecular complexity index is 747. The third-order valence-corrected chi connectivity index (χ3v) is 6.53. The van der Waals surface area contributed by atoms with E-state index in [0.29, 0.717) is 28.6 Å². The van der Waals surface area contributed by atoms with Gasteiger partial charge in [0, 0.05) is 22.6 Å². The highest BCUT2D eigenvalue weighted by atomic mass is 35.5. The molecule has 0 aromatic heterocycles. The fraction of sp³-hybridized carbons (Fsp3) is 0.500. The van der Waals surface area contributed by atoms with E-state index in [0.717, 1.165) is 0 Å². The Balaban J connectivity index is 1.95. The molecule has 0 spiro atoms. The van der Waals surface area contributed by atoms with Crippen LogP contribution in [0.25, 0.3) is 0 Å². The van der Waals surface area contributed by atoms with Crippen LogP contribution < -0.4 is 5.32 Å². The van der Waals surface area contributed by atoms with Crippen LogP contribution in [0.2, 0.25) is 10.0 Å². The Hall–Kier alpha value is -1.31. The van der Waals surface area contributed by atoms with E-state index in [1.54, 1.807) is 25.1 Å². The number of carbonyl (C=O) groups excluding carboxylic acids is 2. The van der Waals surface area contributed by atoms with E-state index >= 15 is 0 Å². The van der Waals surface area contributed by atoms with Crippen molar-refractivity contribution in [3.8, 4) is 0 Å². The summed E-state index contributed by atoms with van der Waals surface area (Å²) in [7, 11) is -3.07. The van der Waals surface area contributed by atoms with Crippen LogP contribution in [-0.2, 0) is 25.8 Å². The van der Waals surface area contributed by atoms with Gasteiger partial charge in [-0.15, -0.1) is 0 Å². The second-order valence-corrected chi connectivity index (χ2v) is 9.00. The molecule has 0 unspecified atom stereocenters. The normalized spacial score (nSPS) is 18.8. The molecule has 2 amide bonds. The van der Waals surface area contributed by atoms with Gasteiger partial charge in [-0.3, -0.25) is 9.59 Å². The van der Waals surface area contributed by atoms with Crippen molar-refractivity contribution < 1.29 is 18.0 Å². The molecular formula is C16H20Cl2N2O4S. The van der Waals surface area contributed by atoms with E-state index in [-0.39, 0.29) is 42.3 Å². The molecular weight excluding hydrogens is 387 g/mol. The molecule has 1 aromatic carbocycles. The number of amides is 2.